The SMILES string of the molecule is COCC(O)COCC1CCCO1. The molecule has 0 saturated carbocycles. The average molecular weight is 190 g/mol. The van der Waals surface area contributed by atoms with E-state index < -0.39 is 6.10 Å². The van der Waals surface area contributed by atoms with Crippen LogP contribution in [0, 0.1) is 0 Å². The van der Waals surface area contributed by atoms with Gasteiger partial charge in [-0.3, -0.25) is 0 Å². The molecule has 0 spiro atoms. The molecule has 0 amide bonds. The number of rotatable bonds is 6. The largest absolute Gasteiger partial charge is 0.388 e. The molecule has 1 aliphatic rings. The van der Waals surface area contributed by atoms with Crippen molar-refractivity contribution in [2.75, 3.05) is 33.5 Å². The lowest BCUT2D eigenvalue weighted by Crippen LogP contribution is -2.24. The van der Waals surface area contributed by atoms with Gasteiger partial charge in [-0.1, -0.05) is 0 Å². The number of aliphatic hydroxyl groups excluding tert-OH is 1. The standard InChI is InChI=1S/C9H18O4/c1-11-5-8(10)6-12-7-9-3-2-4-13-9/h8-10H,2-7H2,1H3. The first kappa shape index (κ1) is 10.9. The molecule has 2 unspecified atom stereocenters. The lowest BCUT2D eigenvalue weighted by atomic mass is 10.2. The minimum atomic E-state index is -0.522. The average Bonchev–Trinajstić information content (AvgIpc) is 2.57. The van der Waals surface area contributed by atoms with E-state index in [1.165, 1.54) is 0 Å². The molecule has 0 aromatic rings. The Balaban J connectivity index is 1.93. The predicted molar refractivity (Wildman–Crippen MR) is 47.7 cm³/mol. The predicted octanol–water partition coefficient (Wildman–Crippen LogP) is 0.189. The van der Waals surface area contributed by atoms with Crippen molar-refractivity contribution in [3.8, 4) is 0 Å². The number of hydrogen-bond donors (Lipinski definition) is 1. The van der Waals surface area contributed by atoms with Gasteiger partial charge in [0.2, 0.25) is 0 Å². The van der Waals surface area contributed by atoms with Gasteiger partial charge in [0.05, 0.1) is 25.9 Å². The molecule has 4 heteroatoms. The van der Waals surface area contributed by atoms with Crippen LogP contribution in [-0.2, 0) is 14.2 Å². The second kappa shape index (κ2) is 6.32. The highest BCUT2D eigenvalue weighted by molar-refractivity contribution is 4.63. The Bertz CT molecular complexity index is 123. The van der Waals surface area contributed by atoms with E-state index in [1.54, 1.807) is 7.11 Å². The fourth-order valence-electron chi connectivity index (χ4n) is 1.35. The Labute approximate surface area is 78.8 Å². The third kappa shape index (κ3) is 4.57. The van der Waals surface area contributed by atoms with Crippen molar-refractivity contribution in [3.05, 3.63) is 0 Å². The first-order chi connectivity index (χ1) is 6.33. The van der Waals surface area contributed by atoms with E-state index in [-0.39, 0.29) is 6.10 Å². The summed E-state index contributed by atoms with van der Waals surface area (Å²) in [4.78, 5) is 0. The molecule has 0 aromatic carbocycles. The Morgan fingerprint density at radius 3 is 3.00 bits per heavy atom. The Morgan fingerprint density at radius 1 is 1.54 bits per heavy atom. The summed E-state index contributed by atoms with van der Waals surface area (Å²) in [6, 6.07) is 0. The van der Waals surface area contributed by atoms with Crippen LogP contribution in [0.2, 0.25) is 0 Å². The molecule has 1 N–H and O–H groups in total. The van der Waals surface area contributed by atoms with Crippen LogP contribution in [0.25, 0.3) is 0 Å². The lowest BCUT2D eigenvalue weighted by molar-refractivity contribution is -0.0367. The van der Waals surface area contributed by atoms with E-state index in [0.29, 0.717) is 19.8 Å². The maximum atomic E-state index is 9.23. The van der Waals surface area contributed by atoms with E-state index in [0.717, 1.165) is 19.4 Å². The summed E-state index contributed by atoms with van der Waals surface area (Å²) in [7, 11) is 1.56. The van der Waals surface area contributed by atoms with E-state index in [2.05, 4.69) is 0 Å². The van der Waals surface area contributed by atoms with Crippen molar-refractivity contribution in [2.24, 2.45) is 0 Å². The molecule has 2 atom stereocenters. The van der Waals surface area contributed by atoms with Crippen molar-refractivity contribution < 1.29 is 19.3 Å². The first-order valence-corrected chi connectivity index (χ1v) is 4.69. The highest BCUT2D eigenvalue weighted by atomic mass is 16.5. The van der Waals surface area contributed by atoms with Gasteiger partial charge in [0.15, 0.2) is 0 Å². The van der Waals surface area contributed by atoms with Crippen LogP contribution in [0.4, 0.5) is 0 Å². The summed E-state index contributed by atoms with van der Waals surface area (Å²) in [5, 5.41) is 9.23. The van der Waals surface area contributed by atoms with Gasteiger partial charge in [0.25, 0.3) is 0 Å². The fourth-order valence-corrected chi connectivity index (χ4v) is 1.35. The number of methoxy groups -OCH3 is 1. The molecular formula is C9H18O4. The van der Waals surface area contributed by atoms with Gasteiger partial charge < -0.3 is 19.3 Å². The second-order valence-corrected chi connectivity index (χ2v) is 3.28. The van der Waals surface area contributed by atoms with Crippen LogP contribution in [0.5, 0.6) is 0 Å². The van der Waals surface area contributed by atoms with Crippen LogP contribution in [0.3, 0.4) is 0 Å². The molecule has 0 aliphatic carbocycles. The zero-order chi connectivity index (χ0) is 9.52. The van der Waals surface area contributed by atoms with E-state index in [1.807, 2.05) is 0 Å². The maximum absolute atomic E-state index is 9.23. The van der Waals surface area contributed by atoms with Crippen molar-refractivity contribution in [1.82, 2.24) is 0 Å². The van der Waals surface area contributed by atoms with Gasteiger partial charge in [-0.25, -0.2) is 0 Å². The van der Waals surface area contributed by atoms with Gasteiger partial charge >= 0.3 is 0 Å². The summed E-state index contributed by atoms with van der Waals surface area (Å²) in [6.45, 7) is 2.08. The highest BCUT2D eigenvalue weighted by Gasteiger charge is 2.15. The summed E-state index contributed by atoms with van der Waals surface area (Å²) in [5.74, 6) is 0. The van der Waals surface area contributed by atoms with Gasteiger partial charge in [0, 0.05) is 13.7 Å². The van der Waals surface area contributed by atoms with Crippen LogP contribution in [0.15, 0.2) is 0 Å². The second-order valence-electron chi connectivity index (χ2n) is 3.28. The molecule has 1 rings (SSSR count). The minimum Gasteiger partial charge on any atom is -0.388 e. The first-order valence-electron chi connectivity index (χ1n) is 4.69. The van der Waals surface area contributed by atoms with Gasteiger partial charge in [-0.05, 0) is 12.8 Å². The summed E-state index contributed by atoms with van der Waals surface area (Å²) in [6.07, 6.45) is 1.90. The zero-order valence-electron chi connectivity index (χ0n) is 8.07. The third-order valence-corrected chi connectivity index (χ3v) is 2.00. The molecule has 1 saturated heterocycles. The zero-order valence-corrected chi connectivity index (χ0v) is 8.07. The summed E-state index contributed by atoms with van der Waals surface area (Å²) in [5.41, 5.74) is 0. The van der Waals surface area contributed by atoms with Crippen LogP contribution in [-0.4, -0.2) is 50.9 Å². The maximum Gasteiger partial charge on any atom is 0.101 e. The van der Waals surface area contributed by atoms with E-state index in [4.69, 9.17) is 14.2 Å². The molecule has 0 radical (unpaired) electrons. The molecule has 78 valence electrons. The highest BCUT2D eigenvalue weighted by Crippen LogP contribution is 2.11. The Hall–Kier alpha value is -0.160. The molecule has 1 fully saturated rings. The van der Waals surface area contributed by atoms with Gasteiger partial charge in [0.1, 0.15) is 6.10 Å². The van der Waals surface area contributed by atoms with Crippen molar-refractivity contribution >= 4 is 0 Å². The van der Waals surface area contributed by atoms with E-state index >= 15 is 0 Å². The lowest BCUT2D eigenvalue weighted by Gasteiger charge is -2.13. The van der Waals surface area contributed by atoms with Crippen molar-refractivity contribution in [3.63, 3.8) is 0 Å². The summed E-state index contributed by atoms with van der Waals surface area (Å²) < 4.78 is 15.4. The smallest absolute Gasteiger partial charge is 0.101 e. The quantitative estimate of drug-likeness (QED) is 0.649. The fraction of sp³-hybridized carbons (Fsp3) is 1.00. The molecule has 4 nitrogen and oxygen atoms in total. The summed E-state index contributed by atoms with van der Waals surface area (Å²) >= 11 is 0. The molecular weight excluding hydrogens is 172 g/mol. The molecule has 1 aliphatic heterocycles. The van der Waals surface area contributed by atoms with Crippen molar-refractivity contribution in [1.29, 1.82) is 0 Å². The van der Waals surface area contributed by atoms with Crippen LogP contribution >= 0.6 is 0 Å². The van der Waals surface area contributed by atoms with Crippen LogP contribution < -0.4 is 0 Å². The topological polar surface area (TPSA) is 47.9 Å². The van der Waals surface area contributed by atoms with Gasteiger partial charge in [-0.2, -0.15) is 0 Å². The normalized spacial score (nSPS) is 24.9. The number of ether oxygens (including phenoxy) is 3. The minimum absolute atomic E-state index is 0.231. The molecule has 13 heavy (non-hydrogen) atoms. The molecule has 1 heterocycles. The number of aliphatic hydroxyl groups is 1. The molecule has 0 aromatic heterocycles. The molecule has 0 bridgehead atoms. The monoisotopic (exact) mass is 190 g/mol. The number of hydrogen-bond acceptors (Lipinski definition) is 4. The Kier molecular flexibility index (Phi) is 5.31. The third-order valence-electron chi connectivity index (χ3n) is 2.00. The van der Waals surface area contributed by atoms with E-state index in [9.17, 15) is 5.11 Å². The Morgan fingerprint density at radius 2 is 2.38 bits per heavy atom. The van der Waals surface area contributed by atoms with Crippen LogP contribution in [0.1, 0.15) is 12.8 Å². The van der Waals surface area contributed by atoms with Gasteiger partial charge in [-0.15, -0.1) is 0 Å². The van der Waals surface area contributed by atoms with Crippen molar-refractivity contribution in [2.45, 2.75) is 25.0 Å².